The molecule has 5 nitrogen and oxygen atoms in total. The van der Waals surface area contributed by atoms with E-state index in [4.69, 9.17) is 4.74 Å². The molecule has 29 heavy (non-hydrogen) atoms. The van der Waals surface area contributed by atoms with Crippen molar-refractivity contribution < 1.29 is 19.4 Å². The molecule has 0 fully saturated rings. The van der Waals surface area contributed by atoms with Gasteiger partial charge in [0.25, 0.3) is 5.91 Å². The van der Waals surface area contributed by atoms with E-state index in [2.05, 4.69) is 73.1 Å². The third-order valence-corrected chi connectivity index (χ3v) is 9.15. The molecule has 1 amide bonds. The molecule has 0 atom stereocenters. The van der Waals surface area contributed by atoms with Gasteiger partial charge in [0.2, 0.25) is 0 Å². The molecule has 3 aromatic rings. The quantitative estimate of drug-likeness (QED) is 0.231. The number of aryl methyl sites for hydroxylation is 1. The Labute approximate surface area is 212 Å². The Morgan fingerprint density at radius 1 is 1.14 bits per heavy atom. The monoisotopic (exact) mass is 745 g/mol. The number of hydrogen-bond donors (Lipinski definition) is 2. The van der Waals surface area contributed by atoms with E-state index < -0.39 is 5.97 Å². The lowest BCUT2D eigenvalue weighted by Crippen LogP contribution is -2.16. The number of aromatic carboxylic acids is 1. The van der Waals surface area contributed by atoms with Crippen molar-refractivity contribution >= 4 is 96.7 Å². The number of carbonyl (C=O) groups is 2. The first-order valence-electron chi connectivity index (χ1n) is 8.19. The van der Waals surface area contributed by atoms with Crippen molar-refractivity contribution in [1.82, 2.24) is 0 Å². The smallest absolute Gasteiger partial charge is 0.339 e. The number of hydrogen-bond acceptors (Lipinski definition) is 4. The number of ether oxygens (including phenoxy) is 1. The maximum Gasteiger partial charge on any atom is 0.339 e. The van der Waals surface area contributed by atoms with Crippen LogP contribution in [-0.4, -0.2) is 24.1 Å². The number of methoxy groups -OCH3 is 1. The van der Waals surface area contributed by atoms with Gasteiger partial charge < -0.3 is 15.2 Å². The van der Waals surface area contributed by atoms with Crippen LogP contribution in [0.1, 0.15) is 26.3 Å². The molecule has 0 aliphatic rings. The van der Waals surface area contributed by atoms with Crippen LogP contribution in [-0.2, 0) is 0 Å². The minimum Gasteiger partial charge on any atom is -0.494 e. The van der Waals surface area contributed by atoms with Crippen LogP contribution in [0.5, 0.6) is 5.75 Å². The summed E-state index contributed by atoms with van der Waals surface area (Å²) in [4.78, 5) is 25.6. The van der Waals surface area contributed by atoms with Crippen molar-refractivity contribution in [2.45, 2.75) is 6.92 Å². The third-order valence-electron chi connectivity index (χ3n) is 4.10. The summed E-state index contributed by atoms with van der Waals surface area (Å²) in [6.45, 7) is 1.95. The lowest BCUT2D eigenvalue weighted by atomic mass is 10.1. The van der Waals surface area contributed by atoms with Crippen LogP contribution in [0.25, 0.3) is 10.4 Å². The van der Waals surface area contributed by atoms with Crippen LogP contribution in [0.2, 0.25) is 0 Å². The Morgan fingerprint density at radius 3 is 2.48 bits per heavy atom. The molecule has 150 valence electrons. The summed E-state index contributed by atoms with van der Waals surface area (Å²) in [5.41, 5.74) is 2.66. The molecule has 0 unspecified atom stereocenters. The van der Waals surface area contributed by atoms with Gasteiger partial charge in [-0.15, -0.1) is 11.3 Å². The summed E-state index contributed by atoms with van der Waals surface area (Å²) in [6, 6.07) is 9.41. The molecule has 0 aliphatic heterocycles. The Bertz CT molecular complexity index is 1130. The minimum atomic E-state index is -1.08. The van der Waals surface area contributed by atoms with Gasteiger partial charge in [0.1, 0.15) is 11.3 Å². The van der Waals surface area contributed by atoms with E-state index in [1.807, 2.05) is 31.2 Å². The highest BCUT2D eigenvalue weighted by molar-refractivity contribution is 14.1. The molecule has 0 bridgehead atoms. The second kappa shape index (κ2) is 9.47. The van der Waals surface area contributed by atoms with Crippen LogP contribution in [0.3, 0.4) is 0 Å². The van der Waals surface area contributed by atoms with E-state index in [9.17, 15) is 14.7 Å². The zero-order chi connectivity index (χ0) is 21.3. The lowest BCUT2D eigenvalue weighted by Gasteiger charge is -2.13. The standard InChI is InChI=1S/C20H14I3NO4S/c1-9-4-3-5-10(6-9)18-14(20(26)27)13(8-29-18)24-19(25)11-7-12(21)16(23)17(28-2)15(11)22/h3-8H,1-2H3,(H,24,25)(H,26,27). The summed E-state index contributed by atoms with van der Waals surface area (Å²) in [7, 11) is 1.56. The number of benzene rings is 2. The Hall–Kier alpha value is -0.930. The fourth-order valence-corrected chi connectivity index (χ4v) is 6.37. The first-order chi connectivity index (χ1) is 13.7. The zero-order valence-corrected chi connectivity index (χ0v) is 22.5. The second-order valence-corrected chi connectivity index (χ2v) is 10.2. The number of nitrogens with one attached hydrogen (secondary N) is 1. The van der Waals surface area contributed by atoms with Crippen LogP contribution in [0, 0.1) is 17.6 Å². The fourth-order valence-electron chi connectivity index (χ4n) is 2.78. The maximum atomic E-state index is 13.0. The van der Waals surface area contributed by atoms with E-state index in [0.29, 0.717) is 19.8 Å². The molecule has 0 saturated heterocycles. The van der Waals surface area contributed by atoms with Crippen molar-refractivity contribution in [3.8, 4) is 16.2 Å². The average Bonchev–Trinajstić information content (AvgIpc) is 3.09. The zero-order valence-electron chi connectivity index (χ0n) is 15.2. The van der Waals surface area contributed by atoms with E-state index in [0.717, 1.165) is 18.3 Å². The van der Waals surface area contributed by atoms with E-state index in [1.54, 1.807) is 18.6 Å². The molecule has 0 spiro atoms. The number of amides is 1. The number of halogens is 3. The second-order valence-electron chi connectivity index (χ2n) is 6.05. The lowest BCUT2D eigenvalue weighted by molar-refractivity contribution is 0.0699. The van der Waals surface area contributed by atoms with Crippen LogP contribution >= 0.6 is 79.1 Å². The molecule has 0 aliphatic carbocycles. The summed E-state index contributed by atoms with van der Waals surface area (Å²) in [6.07, 6.45) is 0. The molecule has 3 rings (SSSR count). The highest BCUT2D eigenvalue weighted by Gasteiger charge is 2.24. The summed E-state index contributed by atoms with van der Waals surface area (Å²) < 4.78 is 7.93. The number of thiophene rings is 1. The van der Waals surface area contributed by atoms with Crippen LogP contribution in [0.15, 0.2) is 35.7 Å². The third kappa shape index (κ3) is 4.71. The predicted molar refractivity (Wildman–Crippen MR) is 141 cm³/mol. The van der Waals surface area contributed by atoms with E-state index >= 15 is 0 Å². The molecule has 9 heteroatoms. The largest absolute Gasteiger partial charge is 0.494 e. The van der Waals surface area contributed by atoms with Gasteiger partial charge in [0.15, 0.2) is 0 Å². The van der Waals surface area contributed by atoms with Crippen LogP contribution in [0.4, 0.5) is 5.69 Å². The van der Waals surface area contributed by atoms with Crippen molar-refractivity contribution in [3.05, 3.63) is 63.1 Å². The topological polar surface area (TPSA) is 75.6 Å². The van der Waals surface area contributed by atoms with E-state index in [1.165, 1.54) is 11.3 Å². The van der Waals surface area contributed by atoms with Gasteiger partial charge in [0, 0.05) is 8.95 Å². The number of carbonyl (C=O) groups excluding carboxylic acids is 1. The Morgan fingerprint density at radius 2 is 1.86 bits per heavy atom. The minimum absolute atomic E-state index is 0.0936. The van der Waals surface area contributed by atoms with Crippen molar-refractivity contribution in [3.63, 3.8) is 0 Å². The predicted octanol–water partition coefficient (Wildman–Crippen LogP) is 6.50. The molecule has 0 radical (unpaired) electrons. The normalized spacial score (nSPS) is 10.7. The number of carboxylic acids is 1. The van der Waals surface area contributed by atoms with Gasteiger partial charge in [-0.25, -0.2) is 4.79 Å². The fraction of sp³-hybridized carbons (Fsp3) is 0.100. The van der Waals surface area contributed by atoms with Gasteiger partial charge in [-0.1, -0.05) is 29.8 Å². The number of rotatable bonds is 5. The van der Waals surface area contributed by atoms with Crippen molar-refractivity contribution in [2.24, 2.45) is 0 Å². The van der Waals surface area contributed by atoms with Gasteiger partial charge >= 0.3 is 5.97 Å². The van der Waals surface area contributed by atoms with Gasteiger partial charge in [-0.2, -0.15) is 0 Å². The first kappa shape index (κ1) is 22.7. The highest BCUT2D eigenvalue weighted by Crippen LogP contribution is 2.38. The summed E-state index contributed by atoms with van der Waals surface area (Å²) >= 11 is 7.69. The number of anilines is 1. The molecular formula is C20H14I3NO4S. The summed E-state index contributed by atoms with van der Waals surface area (Å²) in [5, 5.41) is 14.2. The van der Waals surface area contributed by atoms with Crippen molar-refractivity contribution in [1.29, 1.82) is 0 Å². The Kier molecular flexibility index (Phi) is 7.43. The van der Waals surface area contributed by atoms with E-state index in [-0.39, 0.29) is 17.2 Å². The average molecular weight is 745 g/mol. The molecule has 2 N–H and O–H groups in total. The molecular weight excluding hydrogens is 731 g/mol. The first-order valence-corrected chi connectivity index (χ1v) is 12.3. The Balaban J connectivity index is 2.03. The number of carboxylic acid groups (broad SMARTS) is 1. The molecule has 1 heterocycles. The molecule has 1 aromatic heterocycles. The molecule has 2 aromatic carbocycles. The highest BCUT2D eigenvalue weighted by atomic mass is 127. The SMILES string of the molecule is COc1c(I)c(I)cc(C(=O)Nc2csc(-c3cccc(C)c3)c2C(=O)O)c1I. The summed E-state index contributed by atoms with van der Waals surface area (Å²) in [5.74, 6) is -0.826. The maximum absolute atomic E-state index is 13.0. The van der Waals surface area contributed by atoms with Gasteiger partial charge in [-0.05, 0) is 86.3 Å². The van der Waals surface area contributed by atoms with Crippen LogP contribution < -0.4 is 10.1 Å². The molecule has 0 saturated carbocycles. The van der Waals surface area contributed by atoms with Crippen molar-refractivity contribution in [2.75, 3.05) is 12.4 Å². The van der Waals surface area contributed by atoms with Gasteiger partial charge in [-0.3, -0.25) is 4.79 Å². The van der Waals surface area contributed by atoms with Gasteiger partial charge in [0.05, 0.1) is 30.4 Å².